The van der Waals surface area contributed by atoms with E-state index in [4.69, 9.17) is 22.1 Å². The lowest BCUT2D eigenvalue weighted by molar-refractivity contribution is 0.0592. The number of hydrogen-bond donors (Lipinski definition) is 1. The fourth-order valence-electron chi connectivity index (χ4n) is 2.75. The molecule has 28 heavy (non-hydrogen) atoms. The second kappa shape index (κ2) is 9.28. The third kappa shape index (κ3) is 4.58. The van der Waals surface area contributed by atoms with Gasteiger partial charge in [-0.15, -0.1) is 0 Å². The number of para-hydroxylation sites is 1. The van der Waals surface area contributed by atoms with Crippen molar-refractivity contribution in [2.75, 3.05) is 7.11 Å². The molecule has 0 aliphatic heterocycles. The minimum Gasteiger partial charge on any atom is -0.464 e. The van der Waals surface area contributed by atoms with Crippen LogP contribution in [0, 0.1) is 0 Å². The molecule has 7 heteroatoms. The number of ether oxygens (including phenoxy) is 1. The first kappa shape index (κ1) is 20.5. The first-order chi connectivity index (χ1) is 13.5. The minimum absolute atomic E-state index is 0.0820. The molecule has 2 N–H and O–H groups in total. The average molecular weight is 416 g/mol. The van der Waals surface area contributed by atoms with Crippen LogP contribution in [0.3, 0.4) is 0 Å². The number of halogens is 1. The van der Waals surface area contributed by atoms with Gasteiger partial charge in [0, 0.05) is 21.5 Å². The zero-order valence-corrected chi connectivity index (χ0v) is 17.3. The van der Waals surface area contributed by atoms with Crippen LogP contribution in [-0.2, 0) is 11.2 Å². The van der Waals surface area contributed by atoms with Gasteiger partial charge >= 0.3 is 5.97 Å². The molecule has 0 spiro atoms. The maximum absolute atomic E-state index is 12.4. The molecule has 146 valence electrons. The lowest BCUT2D eigenvalue weighted by atomic mass is 10.1. The van der Waals surface area contributed by atoms with Gasteiger partial charge in [0.1, 0.15) is 5.03 Å². The SMILES string of the molecule is CCC(N)Cc1c(C(=O)OC)nn(-c2ccccc2)c1Sc1ccc(Cl)cc1. The predicted octanol–water partition coefficient (Wildman–Crippen LogP) is 4.74. The van der Waals surface area contributed by atoms with Crippen molar-refractivity contribution in [3.8, 4) is 5.69 Å². The quantitative estimate of drug-likeness (QED) is 0.564. The molecule has 2 aromatic carbocycles. The van der Waals surface area contributed by atoms with Crippen LogP contribution in [0.25, 0.3) is 5.69 Å². The van der Waals surface area contributed by atoms with Gasteiger partial charge in [0.15, 0.2) is 5.69 Å². The molecule has 5 nitrogen and oxygen atoms in total. The average Bonchev–Trinajstić information content (AvgIpc) is 3.07. The Bertz CT molecular complexity index is 942. The highest BCUT2D eigenvalue weighted by Gasteiger charge is 2.26. The Morgan fingerprint density at radius 3 is 2.50 bits per heavy atom. The smallest absolute Gasteiger partial charge is 0.358 e. The molecule has 0 aliphatic carbocycles. The van der Waals surface area contributed by atoms with E-state index < -0.39 is 5.97 Å². The van der Waals surface area contributed by atoms with E-state index in [1.807, 2.05) is 61.5 Å². The van der Waals surface area contributed by atoms with Crippen LogP contribution in [-0.4, -0.2) is 28.9 Å². The summed E-state index contributed by atoms with van der Waals surface area (Å²) in [6.07, 6.45) is 1.33. The van der Waals surface area contributed by atoms with Gasteiger partial charge in [0.25, 0.3) is 0 Å². The molecule has 1 atom stereocenters. The van der Waals surface area contributed by atoms with Crippen molar-refractivity contribution >= 4 is 29.3 Å². The van der Waals surface area contributed by atoms with Crippen LogP contribution in [0.5, 0.6) is 0 Å². The fraction of sp³-hybridized carbons (Fsp3) is 0.238. The monoisotopic (exact) mass is 415 g/mol. The first-order valence-electron chi connectivity index (χ1n) is 8.98. The van der Waals surface area contributed by atoms with Gasteiger partial charge in [-0.25, -0.2) is 9.48 Å². The number of nitrogens with zero attached hydrogens (tertiary/aromatic N) is 2. The molecule has 1 heterocycles. The van der Waals surface area contributed by atoms with E-state index in [9.17, 15) is 4.79 Å². The summed E-state index contributed by atoms with van der Waals surface area (Å²) in [5.41, 5.74) is 8.19. The Kier molecular flexibility index (Phi) is 6.78. The Hall–Kier alpha value is -2.28. The van der Waals surface area contributed by atoms with Crippen LogP contribution in [0.15, 0.2) is 64.5 Å². The highest BCUT2D eigenvalue weighted by atomic mass is 35.5. The second-order valence-corrected chi connectivity index (χ2v) is 7.80. The minimum atomic E-state index is -0.467. The van der Waals surface area contributed by atoms with E-state index in [0.717, 1.165) is 27.6 Å². The second-order valence-electron chi connectivity index (χ2n) is 6.30. The van der Waals surface area contributed by atoms with E-state index >= 15 is 0 Å². The summed E-state index contributed by atoms with van der Waals surface area (Å²) in [6, 6.07) is 17.2. The van der Waals surface area contributed by atoms with Crippen LogP contribution in [0.2, 0.25) is 5.02 Å². The topological polar surface area (TPSA) is 70.1 Å². The van der Waals surface area contributed by atoms with Crippen molar-refractivity contribution in [3.63, 3.8) is 0 Å². The van der Waals surface area contributed by atoms with Crippen molar-refractivity contribution in [2.45, 2.75) is 35.7 Å². The summed E-state index contributed by atoms with van der Waals surface area (Å²) in [4.78, 5) is 13.4. The molecule has 3 aromatic rings. The van der Waals surface area contributed by atoms with E-state index in [-0.39, 0.29) is 6.04 Å². The fourth-order valence-corrected chi connectivity index (χ4v) is 3.91. The Balaban J connectivity index is 2.16. The Morgan fingerprint density at radius 2 is 1.89 bits per heavy atom. The zero-order chi connectivity index (χ0) is 20.1. The standard InChI is InChI=1S/C21H22ClN3O2S/c1-3-15(23)13-18-19(21(26)27-2)24-25(16-7-5-4-6-8-16)20(18)28-17-11-9-14(22)10-12-17/h4-12,15H,3,13,23H2,1-2H3. The maximum Gasteiger partial charge on any atom is 0.358 e. The molecule has 3 rings (SSSR count). The predicted molar refractivity (Wildman–Crippen MR) is 112 cm³/mol. The van der Waals surface area contributed by atoms with Crippen LogP contribution < -0.4 is 5.73 Å². The van der Waals surface area contributed by atoms with E-state index in [0.29, 0.717) is 17.1 Å². The van der Waals surface area contributed by atoms with Crippen molar-refractivity contribution in [3.05, 3.63) is 70.9 Å². The van der Waals surface area contributed by atoms with E-state index in [2.05, 4.69) is 5.10 Å². The summed E-state index contributed by atoms with van der Waals surface area (Å²) in [6.45, 7) is 2.02. The summed E-state index contributed by atoms with van der Waals surface area (Å²) in [7, 11) is 1.36. The van der Waals surface area contributed by atoms with Crippen LogP contribution >= 0.6 is 23.4 Å². The van der Waals surface area contributed by atoms with Crippen molar-refractivity contribution in [1.29, 1.82) is 0 Å². The van der Waals surface area contributed by atoms with E-state index in [1.165, 1.54) is 18.9 Å². The molecule has 0 saturated heterocycles. The van der Waals surface area contributed by atoms with Gasteiger partial charge in [0.05, 0.1) is 12.8 Å². The number of methoxy groups -OCH3 is 1. The third-order valence-electron chi connectivity index (χ3n) is 4.33. The number of esters is 1. The van der Waals surface area contributed by atoms with Gasteiger partial charge in [-0.05, 0) is 49.2 Å². The van der Waals surface area contributed by atoms with E-state index in [1.54, 1.807) is 4.68 Å². The zero-order valence-electron chi connectivity index (χ0n) is 15.8. The number of carbonyl (C=O) groups is 1. The molecular weight excluding hydrogens is 394 g/mol. The molecular formula is C21H22ClN3O2S. The van der Waals surface area contributed by atoms with Crippen LogP contribution in [0.1, 0.15) is 29.4 Å². The lowest BCUT2D eigenvalue weighted by Crippen LogP contribution is -2.23. The molecule has 1 unspecified atom stereocenters. The molecule has 0 radical (unpaired) electrons. The largest absolute Gasteiger partial charge is 0.464 e. The number of carbonyl (C=O) groups excluding carboxylic acids is 1. The van der Waals surface area contributed by atoms with Crippen molar-refractivity contribution < 1.29 is 9.53 Å². The lowest BCUT2D eigenvalue weighted by Gasteiger charge is -2.12. The highest BCUT2D eigenvalue weighted by Crippen LogP contribution is 2.35. The summed E-state index contributed by atoms with van der Waals surface area (Å²) >= 11 is 7.54. The first-order valence-corrected chi connectivity index (χ1v) is 10.2. The summed E-state index contributed by atoms with van der Waals surface area (Å²) < 4.78 is 6.76. The number of nitrogens with two attached hydrogens (primary N) is 1. The molecule has 0 amide bonds. The summed E-state index contributed by atoms with van der Waals surface area (Å²) in [5.74, 6) is -0.467. The number of rotatable bonds is 7. The molecule has 0 bridgehead atoms. The Labute approximate surface area is 173 Å². The Morgan fingerprint density at radius 1 is 1.21 bits per heavy atom. The van der Waals surface area contributed by atoms with Gasteiger partial charge in [0.2, 0.25) is 0 Å². The number of hydrogen-bond acceptors (Lipinski definition) is 5. The molecule has 0 saturated carbocycles. The number of aromatic nitrogens is 2. The van der Waals surface area contributed by atoms with Gasteiger partial charge in [-0.3, -0.25) is 0 Å². The van der Waals surface area contributed by atoms with Crippen LogP contribution in [0.4, 0.5) is 0 Å². The maximum atomic E-state index is 12.4. The van der Waals surface area contributed by atoms with Gasteiger partial charge in [-0.2, -0.15) is 5.10 Å². The normalized spacial score (nSPS) is 12.0. The van der Waals surface area contributed by atoms with Crippen molar-refractivity contribution in [1.82, 2.24) is 9.78 Å². The van der Waals surface area contributed by atoms with Gasteiger partial charge < -0.3 is 10.5 Å². The van der Waals surface area contributed by atoms with Gasteiger partial charge in [-0.1, -0.05) is 48.5 Å². The highest BCUT2D eigenvalue weighted by molar-refractivity contribution is 7.99. The number of benzene rings is 2. The third-order valence-corrected chi connectivity index (χ3v) is 5.71. The summed E-state index contributed by atoms with van der Waals surface area (Å²) in [5, 5.41) is 6.11. The molecule has 0 aliphatic rings. The molecule has 1 aromatic heterocycles. The molecule has 0 fully saturated rings. The van der Waals surface area contributed by atoms with Crippen molar-refractivity contribution in [2.24, 2.45) is 5.73 Å².